The van der Waals surface area contributed by atoms with E-state index in [4.69, 9.17) is 11.6 Å². The number of hydrogen-bond acceptors (Lipinski definition) is 4. The van der Waals surface area contributed by atoms with Crippen molar-refractivity contribution in [3.05, 3.63) is 40.6 Å². The quantitative estimate of drug-likeness (QED) is 0.836. The molecule has 7 heteroatoms. The van der Waals surface area contributed by atoms with Gasteiger partial charge in [0.05, 0.1) is 16.5 Å². The van der Waals surface area contributed by atoms with Crippen molar-refractivity contribution in [2.24, 2.45) is 0 Å². The molecular weight excluding hydrogens is 346 g/mol. The third-order valence-corrected chi connectivity index (χ3v) is 9.15. The maximum Gasteiger partial charge on any atom is 0.197 e. The highest BCUT2D eigenvalue weighted by molar-refractivity contribution is 7.96. The first-order valence-electron chi connectivity index (χ1n) is 8.58. The van der Waals surface area contributed by atoms with Crippen LogP contribution in [-0.4, -0.2) is 39.8 Å². The third-order valence-electron chi connectivity index (χ3n) is 6.36. The van der Waals surface area contributed by atoms with Gasteiger partial charge >= 0.3 is 0 Å². The van der Waals surface area contributed by atoms with Gasteiger partial charge in [-0.2, -0.15) is 5.10 Å². The maximum atomic E-state index is 13.3. The van der Waals surface area contributed by atoms with Crippen molar-refractivity contribution in [2.45, 2.75) is 60.9 Å². The lowest BCUT2D eigenvalue weighted by Gasteiger charge is -2.72. The monoisotopic (exact) mass is 365 g/mol. The number of rotatable bonds is 3. The van der Waals surface area contributed by atoms with Gasteiger partial charge < -0.3 is 0 Å². The molecule has 2 saturated heterocycles. The zero-order chi connectivity index (χ0) is 16.7. The molecule has 4 heterocycles. The second-order valence-corrected chi connectivity index (χ2v) is 10.1. The zero-order valence-corrected chi connectivity index (χ0v) is 15.0. The Morgan fingerprint density at radius 1 is 1.46 bits per heavy atom. The molecule has 128 valence electrons. The molecule has 1 N–H and O–H groups in total. The third kappa shape index (κ3) is 1.60. The molecule has 1 aliphatic carbocycles. The fourth-order valence-electron chi connectivity index (χ4n) is 5.20. The van der Waals surface area contributed by atoms with E-state index in [1.807, 2.05) is 6.20 Å². The molecule has 2 fully saturated rings. The first kappa shape index (κ1) is 15.2. The summed E-state index contributed by atoms with van der Waals surface area (Å²) < 4.78 is 26.6. The molecule has 5 unspecified atom stereocenters. The number of aromatic nitrogens is 2. The Morgan fingerprint density at radius 2 is 2.29 bits per heavy atom. The second-order valence-electron chi connectivity index (χ2n) is 7.32. The number of nitrogens with zero attached hydrogens (tertiary/aromatic N) is 2. The van der Waals surface area contributed by atoms with Gasteiger partial charge in [-0.15, -0.1) is 11.6 Å². The second kappa shape index (κ2) is 4.74. The summed E-state index contributed by atoms with van der Waals surface area (Å²) in [5, 5.41) is 7.27. The normalized spacial score (nSPS) is 40.2. The van der Waals surface area contributed by atoms with Crippen LogP contribution in [0.5, 0.6) is 0 Å². The van der Waals surface area contributed by atoms with Crippen molar-refractivity contribution < 1.29 is 8.42 Å². The lowest BCUT2D eigenvalue weighted by Crippen LogP contribution is -2.80. The molecule has 0 aromatic carbocycles. The topological polar surface area (TPSA) is 66.1 Å². The number of allylic oxidation sites excluding steroid dienone is 3. The Kier molecular flexibility index (Phi) is 3.00. The minimum atomic E-state index is -3.36. The van der Waals surface area contributed by atoms with Crippen molar-refractivity contribution in [2.75, 3.05) is 0 Å². The fraction of sp³-hybridized carbons (Fsp3) is 0.588. The lowest BCUT2D eigenvalue weighted by atomic mass is 9.64. The minimum Gasteiger partial charge on any atom is -0.282 e. The Morgan fingerprint density at radius 3 is 3.00 bits per heavy atom. The molecule has 5 nitrogen and oxygen atoms in total. The molecule has 0 saturated carbocycles. The Hall–Kier alpha value is -1.11. The highest BCUT2D eigenvalue weighted by atomic mass is 35.5. The number of aromatic amines is 1. The van der Waals surface area contributed by atoms with Crippen LogP contribution in [0.1, 0.15) is 55.8 Å². The summed E-state index contributed by atoms with van der Waals surface area (Å²) in [5.74, 6) is 0.352. The summed E-state index contributed by atoms with van der Waals surface area (Å²) in [6.45, 7) is 2.16. The van der Waals surface area contributed by atoms with Crippen LogP contribution >= 0.6 is 11.6 Å². The largest absolute Gasteiger partial charge is 0.282 e. The number of piperidine rings is 1. The van der Waals surface area contributed by atoms with Crippen LogP contribution < -0.4 is 0 Å². The first-order chi connectivity index (χ1) is 11.5. The molecule has 5 atom stereocenters. The molecule has 0 bridgehead atoms. The minimum absolute atomic E-state index is 0.0994. The van der Waals surface area contributed by atoms with E-state index in [2.05, 4.69) is 22.0 Å². The number of hydrogen-bond donors (Lipinski definition) is 1. The van der Waals surface area contributed by atoms with E-state index in [1.165, 1.54) is 11.3 Å². The predicted molar refractivity (Wildman–Crippen MR) is 92.4 cm³/mol. The molecule has 0 amide bonds. The number of H-pyrrole nitrogens is 1. The summed E-state index contributed by atoms with van der Waals surface area (Å²) in [7, 11) is -3.36. The summed E-state index contributed by atoms with van der Waals surface area (Å²) in [4.78, 5) is 1.98. The van der Waals surface area contributed by atoms with Gasteiger partial charge in [0, 0.05) is 35.7 Å². The number of fused-ring (bicyclic) bond motifs is 2. The van der Waals surface area contributed by atoms with Gasteiger partial charge in [0.2, 0.25) is 0 Å². The van der Waals surface area contributed by atoms with Crippen LogP contribution in [0.4, 0.5) is 0 Å². The van der Waals surface area contributed by atoms with Gasteiger partial charge in [0.1, 0.15) is 4.87 Å². The standard InChI is InChI=1S/C17H20ClN3O2S/c1-2-12-14-7-17(24(22,23)11-5-3-10(18)4-6-11)8-15(21(14)17)13-9-19-20-16(12)13/h3,5-6,9-10,12,14-15H,2,4,7-8H2,1H3,(H,19,20). The first-order valence-corrected chi connectivity index (χ1v) is 10.5. The molecule has 1 aromatic heterocycles. The number of sulfone groups is 1. The van der Waals surface area contributed by atoms with E-state index in [-0.39, 0.29) is 11.4 Å². The van der Waals surface area contributed by atoms with Crippen molar-refractivity contribution >= 4 is 21.4 Å². The summed E-state index contributed by atoms with van der Waals surface area (Å²) >= 11 is 6.05. The molecule has 4 aliphatic rings. The highest BCUT2D eigenvalue weighted by Crippen LogP contribution is 2.67. The van der Waals surface area contributed by atoms with Crippen LogP contribution in [0.2, 0.25) is 0 Å². The zero-order valence-electron chi connectivity index (χ0n) is 13.4. The molecule has 0 radical (unpaired) electrons. The average molecular weight is 366 g/mol. The van der Waals surface area contributed by atoms with Crippen LogP contribution in [0.25, 0.3) is 0 Å². The van der Waals surface area contributed by atoms with Gasteiger partial charge in [-0.3, -0.25) is 10.00 Å². The van der Waals surface area contributed by atoms with Crippen LogP contribution in [0.3, 0.4) is 0 Å². The predicted octanol–water partition coefficient (Wildman–Crippen LogP) is 3.00. The van der Waals surface area contributed by atoms with E-state index >= 15 is 0 Å². The van der Waals surface area contributed by atoms with E-state index in [1.54, 1.807) is 18.2 Å². The van der Waals surface area contributed by atoms with Gasteiger partial charge in [-0.25, -0.2) is 8.42 Å². The summed E-state index contributed by atoms with van der Waals surface area (Å²) in [6.07, 6.45) is 10.1. The van der Waals surface area contributed by atoms with Crippen molar-refractivity contribution in [3.63, 3.8) is 0 Å². The maximum absolute atomic E-state index is 13.3. The average Bonchev–Trinajstić information content (AvgIpc) is 2.99. The molecule has 0 spiro atoms. The van der Waals surface area contributed by atoms with Gasteiger partial charge in [0.15, 0.2) is 9.84 Å². The van der Waals surface area contributed by atoms with Gasteiger partial charge in [-0.05, 0) is 25.3 Å². The van der Waals surface area contributed by atoms with Crippen LogP contribution in [0.15, 0.2) is 29.3 Å². The Balaban J connectivity index is 1.53. The van der Waals surface area contributed by atoms with E-state index in [0.29, 0.717) is 29.7 Å². The molecule has 1 aromatic rings. The SMILES string of the molecule is CCC1c2[nH]ncc2C2CC3(S(=O)(=O)C4=CCC(Cl)C=C4)CC1N23. The Bertz CT molecular complexity index is 874. The van der Waals surface area contributed by atoms with Crippen molar-refractivity contribution in [3.8, 4) is 0 Å². The lowest BCUT2D eigenvalue weighted by molar-refractivity contribution is -0.169. The Labute approximate surface area is 146 Å². The molecule has 24 heavy (non-hydrogen) atoms. The van der Waals surface area contributed by atoms with Crippen LogP contribution in [-0.2, 0) is 9.84 Å². The van der Waals surface area contributed by atoms with E-state index in [0.717, 1.165) is 12.8 Å². The summed E-state index contributed by atoms with van der Waals surface area (Å²) in [5.41, 5.74) is 2.41. The molecular formula is C17H20ClN3O2S. The van der Waals surface area contributed by atoms with Gasteiger partial charge in [0.25, 0.3) is 0 Å². The van der Waals surface area contributed by atoms with Crippen LogP contribution in [0, 0.1) is 0 Å². The number of halogens is 1. The number of alkyl halides is 1. The fourth-order valence-corrected chi connectivity index (χ4v) is 7.68. The number of nitrogens with one attached hydrogen (secondary N) is 1. The van der Waals surface area contributed by atoms with Gasteiger partial charge in [-0.1, -0.05) is 19.1 Å². The van der Waals surface area contributed by atoms with E-state index < -0.39 is 14.7 Å². The highest BCUT2D eigenvalue weighted by Gasteiger charge is 2.73. The molecule has 3 aliphatic heterocycles. The molecule has 5 rings (SSSR count). The smallest absolute Gasteiger partial charge is 0.197 e. The summed E-state index contributed by atoms with van der Waals surface area (Å²) in [6, 6.07) is 0.509. The van der Waals surface area contributed by atoms with E-state index in [9.17, 15) is 8.42 Å². The van der Waals surface area contributed by atoms with Crippen molar-refractivity contribution in [1.29, 1.82) is 0 Å². The van der Waals surface area contributed by atoms with Crippen molar-refractivity contribution in [1.82, 2.24) is 15.1 Å².